The molecule has 118 valence electrons. The highest BCUT2D eigenvalue weighted by molar-refractivity contribution is 6.10. The Labute approximate surface area is 138 Å². The summed E-state index contributed by atoms with van der Waals surface area (Å²) in [6, 6.07) is 21.7. The Morgan fingerprint density at radius 2 is 1.46 bits per heavy atom. The standard InChI is InChI=1S/C20H14F2N2/c21-16-12-10-15(11-13-16)20-19(14-6-2-1-3-7-14)23-17-8-4-5-9-18(17)24(20)22/h1-13,20H. The SMILES string of the molecule is Fc1ccc(C2C(c3ccccc3)=Nc3ccccc3N2F)cc1. The van der Waals surface area contributed by atoms with E-state index in [-0.39, 0.29) is 5.82 Å². The first kappa shape index (κ1) is 14.6. The fourth-order valence-corrected chi connectivity index (χ4v) is 2.94. The molecule has 1 heterocycles. The lowest BCUT2D eigenvalue weighted by Gasteiger charge is -2.31. The molecule has 0 bridgehead atoms. The molecule has 4 heteroatoms. The topological polar surface area (TPSA) is 15.6 Å². The van der Waals surface area contributed by atoms with Crippen LogP contribution in [-0.4, -0.2) is 5.71 Å². The quantitative estimate of drug-likeness (QED) is 0.578. The molecule has 4 rings (SSSR count). The van der Waals surface area contributed by atoms with Gasteiger partial charge in [-0.05, 0) is 35.4 Å². The van der Waals surface area contributed by atoms with Gasteiger partial charge in [0.2, 0.25) is 0 Å². The van der Waals surface area contributed by atoms with E-state index in [1.807, 2.05) is 36.4 Å². The molecule has 24 heavy (non-hydrogen) atoms. The molecule has 1 aliphatic heterocycles. The van der Waals surface area contributed by atoms with Gasteiger partial charge in [-0.1, -0.05) is 59.1 Å². The van der Waals surface area contributed by atoms with E-state index in [1.54, 1.807) is 30.3 Å². The van der Waals surface area contributed by atoms with Gasteiger partial charge in [-0.25, -0.2) is 9.38 Å². The zero-order valence-corrected chi connectivity index (χ0v) is 12.7. The molecule has 1 unspecified atom stereocenters. The van der Waals surface area contributed by atoms with Crippen molar-refractivity contribution in [2.45, 2.75) is 6.04 Å². The molecule has 3 aromatic rings. The molecule has 0 N–H and O–H groups in total. The second kappa shape index (κ2) is 5.89. The number of hydrogen-bond donors (Lipinski definition) is 0. The predicted molar refractivity (Wildman–Crippen MR) is 91.8 cm³/mol. The summed E-state index contributed by atoms with van der Waals surface area (Å²) < 4.78 is 28.5. The fraction of sp³-hybridized carbons (Fsp3) is 0.0500. The van der Waals surface area contributed by atoms with Crippen molar-refractivity contribution in [2.75, 3.05) is 5.12 Å². The minimum atomic E-state index is -0.720. The minimum absolute atomic E-state index is 0.349. The van der Waals surface area contributed by atoms with Crippen LogP contribution in [0.3, 0.4) is 0 Å². The highest BCUT2D eigenvalue weighted by Gasteiger charge is 2.32. The van der Waals surface area contributed by atoms with Crippen LogP contribution in [0.25, 0.3) is 0 Å². The lowest BCUT2D eigenvalue weighted by atomic mass is 9.94. The zero-order chi connectivity index (χ0) is 16.5. The first-order valence-electron chi connectivity index (χ1n) is 7.67. The van der Waals surface area contributed by atoms with E-state index in [4.69, 9.17) is 0 Å². The number of anilines is 1. The summed E-state index contributed by atoms with van der Waals surface area (Å²) in [4.78, 5) is 4.69. The first-order valence-corrected chi connectivity index (χ1v) is 7.67. The number of fused-ring (bicyclic) bond motifs is 1. The van der Waals surface area contributed by atoms with Crippen LogP contribution in [0.2, 0.25) is 0 Å². The summed E-state index contributed by atoms with van der Waals surface area (Å²) in [5.74, 6) is -0.349. The largest absolute Gasteiger partial charge is 0.248 e. The fourth-order valence-electron chi connectivity index (χ4n) is 2.94. The summed E-state index contributed by atoms with van der Waals surface area (Å²) in [6.07, 6.45) is 0. The molecule has 0 saturated heterocycles. The Morgan fingerprint density at radius 1 is 0.792 bits per heavy atom. The molecule has 0 aromatic heterocycles. The van der Waals surface area contributed by atoms with Crippen molar-refractivity contribution < 1.29 is 8.87 Å². The molecular weight excluding hydrogens is 306 g/mol. The number of benzene rings is 3. The maximum Gasteiger partial charge on any atom is 0.129 e. The van der Waals surface area contributed by atoms with E-state index in [1.165, 1.54) is 12.1 Å². The summed E-state index contributed by atoms with van der Waals surface area (Å²) in [7, 11) is 0. The molecule has 0 fully saturated rings. The lowest BCUT2D eigenvalue weighted by molar-refractivity contribution is 0.410. The van der Waals surface area contributed by atoms with Gasteiger partial charge >= 0.3 is 0 Å². The van der Waals surface area contributed by atoms with Gasteiger partial charge in [0.25, 0.3) is 0 Å². The van der Waals surface area contributed by atoms with E-state index in [2.05, 4.69) is 4.99 Å². The van der Waals surface area contributed by atoms with Gasteiger partial charge < -0.3 is 0 Å². The summed E-state index contributed by atoms with van der Waals surface area (Å²) in [6.45, 7) is 0. The van der Waals surface area contributed by atoms with Crippen LogP contribution < -0.4 is 5.12 Å². The molecule has 0 saturated carbocycles. The maximum atomic E-state index is 15.2. The van der Waals surface area contributed by atoms with E-state index < -0.39 is 6.04 Å². The molecule has 1 atom stereocenters. The highest BCUT2D eigenvalue weighted by atomic mass is 19.2. The third kappa shape index (κ3) is 2.46. The first-order chi connectivity index (χ1) is 11.7. The van der Waals surface area contributed by atoms with E-state index in [0.29, 0.717) is 27.8 Å². The van der Waals surface area contributed by atoms with Crippen LogP contribution in [-0.2, 0) is 0 Å². The van der Waals surface area contributed by atoms with Crippen molar-refractivity contribution >= 4 is 17.1 Å². The third-order valence-electron chi connectivity index (χ3n) is 4.09. The van der Waals surface area contributed by atoms with Crippen molar-refractivity contribution in [3.05, 3.63) is 95.8 Å². The molecule has 0 aliphatic carbocycles. The van der Waals surface area contributed by atoms with E-state index >= 15 is 4.48 Å². The molecule has 1 aliphatic rings. The summed E-state index contributed by atoms with van der Waals surface area (Å²) >= 11 is 0. The maximum absolute atomic E-state index is 15.2. The molecule has 0 amide bonds. The molecule has 3 aromatic carbocycles. The summed E-state index contributed by atoms with van der Waals surface area (Å²) in [5.41, 5.74) is 3.08. The minimum Gasteiger partial charge on any atom is -0.248 e. The number of aliphatic imine (C=N–C) groups is 1. The van der Waals surface area contributed by atoms with Crippen molar-refractivity contribution in [3.63, 3.8) is 0 Å². The Morgan fingerprint density at radius 3 is 2.21 bits per heavy atom. The van der Waals surface area contributed by atoms with Crippen LogP contribution in [0.15, 0.2) is 83.9 Å². The number of rotatable bonds is 2. The Hall–Kier alpha value is -3.01. The van der Waals surface area contributed by atoms with Crippen molar-refractivity contribution in [2.24, 2.45) is 4.99 Å². The number of hydrogen-bond acceptors (Lipinski definition) is 2. The second-order valence-corrected chi connectivity index (χ2v) is 5.62. The normalized spacial score (nSPS) is 16.5. The van der Waals surface area contributed by atoms with Gasteiger partial charge in [-0.2, -0.15) is 5.12 Å². The Bertz CT molecular complexity index is 889. The van der Waals surface area contributed by atoms with E-state index in [0.717, 1.165) is 5.56 Å². The second-order valence-electron chi connectivity index (χ2n) is 5.62. The van der Waals surface area contributed by atoms with Crippen LogP contribution in [0, 0.1) is 5.82 Å². The van der Waals surface area contributed by atoms with Crippen LogP contribution in [0.4, 0.5) is 20.2 Å². The molecule has 2 nitrogen and oxygen atoms in total. The van der Waals surface area contributed by atoms with Crippen molar-refractivity contribution in [1.29, 1.82) is 0 Å². The smallest absolute Gasteiger partial charge is 0.129 e. The van der Waals surface area contributed by atoms with Crippen molar-refractivity contribution in [1.82, 2.24) is 0 Å². The Kier molecular flexibility index (Phi) is 3.58. The zero-order valence-electron chi connectivity index (χ0n) is 12.7. The Balaban J connectivity index is 1.91. The van der Waals surface area contributed by atoms with Crippen LogP contribution >= 0.6 is 0 Å². The van der Waals surface area contributed by atoms with Gasteiger partial charge in [0.1, 0.15) is 11.9 Å². The van der Waals surface area contributed by atoms with Gasteiger partial charge in [0, 0.05) is 0 Å². The van der Waals surface area contributed by atoms with Crippen LogP contribution in [0.5, 0.6) is 0 Å². The monoisotopic (exact) mass is 320 g/mol. The third-order valence-corrected chi connectivity index (χ3v) is 4.09. The number of halogens is 2. The van der Waals surface area contributed by atoms with Crippen LogP contribution in [0.1, 0.15) is 17.2 Å². The highest BCUT2D eigenvalue weighted by Crippen LogP contribution is 2.41. The average Bonchev–Trinajstić information content (AvgIpc) is 2.63. The van der Waals surface area contributed by atoms with Gasteiger partial charge in [0.05, 0.1) is 17.1 Å². The summed E-state index contributed by atoms with van der Waals surface area (Å²) in [5, 5.41) is 0.706. The van der Waals surface area contributed by atoms with Crippen molar-refractivity contribution in [3.8, 4) is 0 Å². The van der Waals surface area contributed by atoms with Gasteiger partial charge in [-0.3, -0.25) is 0 Å². The number of para-hydroxylation sites is 2. The lowest BCUT2D eigenvalue weighted by Crippen LogP contribution is -2.31. The van der Waals surface area contributed by atoms with Gasteiger partial charge in [0.15, 0.2) is 0 Å². The number of nitrogens with zero attached hydrogens (tertiary/aromatic N) is 2. The van der Waals surface area contributed by atoms with E-state index in [9.17, 15) is 4.39 Å². The predicted octanol–water partition coefficient (Wildman–Crippen LogP) is 5.39. The molecule has 0 spiro atoms. The molecular formula is C20H14F2N2. The molecule has 0 radical (unpaired) electrons. The average molecular weight is 320 g/mol. The van der Waals surface area contributed by atoms with Gasteiger partial charge in [-0.15, -0.1) is 0 Å².